The Morgan fingerprint density at radius 3 is 2.58 bits per heavy atom. The number of fused-ring (bicyclic) bond motifs is 3. The van der Waals surface area contributed by atoms with Crippen LogP contribution in [-0.2, 0) is 30.4 Å². The van der Waals surface area contributed by atoms with Gasteiger partial charge in [-0.05, 0) is 61.3 Å². The number of carbonyl (C=O) groups is 1. The van der Waals surface area contributed by atoms with Gasteiger partial charge in [0.1, 0.15) is 0 Å². The van der Waals surface area contributed by atoms with Crippen molar-refractivity contribution in [2.45, 2.75) is 39.0 Å². The zero-order chi connectivity index (χ0) is 13.2. The molecule has 1 aliphatic carbocycles. The number of hydrogen-bond donors (Lipinski definition) is 0. The van der Waals surface area contributed by atoms with Gasteiger partial charge in [0.2, 0.25) is 0 Å². The molecular weight excluding hydrogens is 238 g/mol. The molecule has 0 aromatic heterocycles. The van der Waals surface area contributed by atoms with Crippen LogP contribution in [0.15, 0.2) is 12.1 Å². The van der Waals surface area contributed by atoms with Gasteiger partial charge in [0.05, 0.1) is 6.61 Å². The number of benzene rings is 1. The summed E-state index contributed by atoms with van der Waals surface area (Å²) in [6.45, 7) is 3.89. The molecule has 102 valence electrons. The Morgan fingerprint density at radius 1 is 1.11 bits per heavy atom. The summed E-state index contributed by atoms with van der Waals surface area (Å²) in [6, 6.07) is 4.56. The van der Waals surface area contributed by atoms with Gasteiger partial charge in [-0.15, -0.1) is 0 Å². The maximum atomic E-state index is 11.8. The molecule has 1 amide bonds. The predicted octanol–water partition coefficient (Wildman–Crippen LogP) is 2.73. The number of hydrogen-bond acceptors (Lipinski definition) is 2. The lowest BCUT2D eigenvalue weighted by Gasteiger charge is -2.19. The van der Waals surface area contributed by atoms with E-state index in [2.05, 4.69) is 12.1 Å². The highest BCUT2D eigenvalue weighted by molar-refractivity contribution is 5.67. The SMILES string of the molecule is CCOC(=O)N1CCc2ccc3c(c2CC1)CCC3. The molecular formula is C16H21NO2. The van der Waals surface area contributed by atoms with E-state index in [4.69, 9.17) is 4.74 Å². The van der Waals surface area contributed by atoms with Gasteiger partial charge in [0, 0.05) is 13.1 Å². The smallest absolute Gasteiger partial charge is 0.409 e. The summed E-state index contributed by atoms with van der Waals surface area (Å²) >= 11 is 0. The molecule has 1 aromatic rings. The second-order valence-corrected chi connectivity index (χ2v) is 5.38. The van der Waals surface area contributed by atoms with Crippen molar-refractivity contribution in [3.8, 4) is 0 Å². The largest absolute Gasteiger partial charge is 0.450 e. The van der Waals surface area contributed by atoms with Gasteiger partial charge < -0.3 is 9.64 Å². The van der Waals surface area contributed by atoms with Crippen LogP contribution in [0.3, 0.4) is 0 Å². The summed E-state index contributed by atoms with van der Waals surface area (Å²) in [5.41, 5.74) is 6.06. The van der Waals surface area contributed by atoms with Crippen LogP contribution in [0.1, 0.15) is 35.6 Å². The number of rotatable bonds is 1. The van der Waals surface area contributed by atoms with Gasteiger partial charge in [-0.25, -0.2) is 4.79 Å². The van der Waals surface area contributed by atoms with E-state index in [0.717, 1.165) is 25.9 Å². The Morgan fingerprint density at radius 2 is 1.79 bits per heavy atom. The molecule has 1 aliphatic heterocycles. The van der Waals surface area contributed by atoms with Crippen molar-refractivity contribution in [3.05, 3.63) is 34.4 Å². The second kappa shape index (κ2) is 5.24. The number of nitrogens with zero attached hydrogens (tertiary/aromatic N) is 1. The van der Waals surface area contributed by atoms with E-state index in [-0.39, 0.29) is 6.09 Å². The number of carbonyl (C=O) groups excluding carboxylic acids is 1. The van der Waals surface area contributed by atoms with E-state index < -0.39 is 0 Å². The highest BCUT2D eigenvalue weighted by Gasteiger charge is 2.23. The lowest BCUT2D eigenvalue weighted by molar-refractivity contribution is 0.109. The van der Waals surface area contributed by atoms with Gasteiger partial charge in [0.15, 0.2) is 0 Å². The third-order valence-corrected chi connectivity index (χ3v) is 4.31. The molecule has 0 radical (unpaired) electrons. The average Bonchev–Trinajstić information content (AvgIpc) is 2.78. The normalized spacial score (nSPS) is 17.6. The summed E-state index contributed by atoms with van der Waals surface area (Å²) in [7, 11) is 0. The minimum absolute atomic E-state index is 0.160. The van der Waals surface area contributed by atoms with E-state index >= 15 is 0 Å². The lowest BCUT2D eigenvalue weighted by Crippen LogP contribution is -2.33. The summed E-state index contributed by atoms with van der Waals surface area (Å²) in [6.07, 6.45) is 5.51. The topological polar surface area (TPSA) is 29.5 Å². The molecule has 0 N–H and O–H groups in total. The van der Waals surface area contributed by atoms with Crippen LogP contribution < -0.4 is 0 Å². The van der Waals surface area contributed by atoms with Crippen LogP contribution in [0.5, 0.6) is 0 Å². The van der Waals surface area contributed by atoms with Gasteiger partial charge in [-0.3, -0.25) is 0 Å². The van der Waals surface area contributed by atoms with Crippen molar-refractivity contribution < 1.29 is 9.53 Å². The molecule has 3 rings (SSSR count). The molecule has 1 aromatic carbocycles. The molecule has 0 atom stereocenters. The van der Waals surface area contributed by atoms with Crippen molar-refractivity contribution in [3.63, 3.8) is 0 Å². The van der Waals surface area contributed by atoms with Crippen molar-refractivity contribution in [1.82, 2.24) is 4.90 Å². The minimum atomic E-state index is -0.160. The van der Waals surface area contributed by atoms with Gasteiger partial charge >= 0.3 is 6.09 Å². The molecule has 0 saturated heterocycles. The maximum absolute atomic E-state index is 11.8. The monoisotopic (exact) mass is 259 g/mol. The van der Waals surface area contributed by atoms with Crippen LogP contribution >= 0.6 is 0 Å². The molecule has 3 heteroatoms. The lowest BCUT2D eigenvalue weighted by atomic mass is 9.94. The molecule has 0 spiro atoms. The molecule has 2 aliphatic rings. The van der Waals surface area contributed by atoms with E-state index in [0.29, 0.717) is 6.61 Å². The number of aryl methyl sites for hydroxylation is 1. The molecule has 1 heterocycles. The van der Waals surface area contributed by atoms with Crippen LogP contribution in [0, 0.1) is 0 Å². The second-order valence-electron chi connectivity index (χ2n) is 5.38. The molecule has 0 unspecified atom stereocenters. The molecule has 0 saturated carbocycles. The summed E-state index contributed by atoms with van der Waals surface area (Å²) in [5.74, 6) is 0. The molecule has 19 heavy (non-hydrogen) atoms. The Kier molecular flexibility index (Phi) is 3.45. The fourth-order valence-electron chi connectivity index (χ4n) is 3.35. The van der Waals surface area contributed by atoms with E-state index in [1.54, 1.807) is 5.56 Å². The van der Waals surface area contributed by atoms with Crippen molar-refractivity contribution in [1.29, 1.82) is 0 Å². The Labute approximate surface area is 114 Å². The summed E-state index contributed by atoms with van der Waals surface area (Å²) < 4.78 is 5.12. The first-order valence-electron chi connectivity index (χ1n) is 7.33. The summed E-state index contributed by atoms with van der Waals surface area (Å²) in [4.78, 5) is 13.7. The molecule has 0 fully saturated rings. The number of ether oxygens (including phenoxy) is 1. The van der Waals surface area contributed by atoms with Crippen LogP contribution in [0.4, 0.5) is 4.79 Å². The van der Waals surface area contributed by atoms with Crippen LogP contribution in [0.2, 0.25) is 0 Å². The van der Waals surface area contributed by atoms with Crippen molar-refractivity contribution in [2.75, 3.05) is 19.7 Å². The van der Waals surface area contributed by atoms with E-state index in [1.807, 2.05) is 11.8 Å². The van der Waals surface area contributed by atoms with Crippen molar-refractivity contribution in [2.24, 2.45) is 0 Å². The first-order chi connectivity index (χ1) is 9.29. The fourth-order valence-corrected chi connectivity index (χ4v) is 3.35. The Bertz CT molecular complexity index is 496. The number of amides is 1. The summed E-state index contributed by atoms with van der Waals surface area (Å²) in [5, 5.41) is 0. The molecule has 0 bridgehead atoms. The highest BCUT2D eigenvalue weighted by Crippen LogP contribution is 2.30. The van der Waals surface area contributed by atoms with Gasteiger partial charge in [-0.2, -0.15) is 0 Å². The Hall–Kier alpha value is -1.51. The quantitative estimate of drug-likeness (QED) is 0.776. The highest BCUT2D eigenvalue weighted by atomic mass is 16.6. The average molecular weight is 259 g/mol. The van der Waals surface area contributed by atoms with Crippen molar-refractivity contribution >= 4 is 6.09 Å². The van der Waals surface area contributed by atoms with Gasteiger partial charge in [-0.1, -0.05) is 12.1 Å². The minimum Gasteiger partial charge on any atom is -0.450 e. The van der Waals surface area contributed by atoms with Crippen LogP contribution in [0.25, 0.3) is 0 Å². The van der Waals surface area contributed by atoms with E-state index in [1.165, 1.54) is 36.0 Å². The van der Waals surface area contributed by atoms with E-state index in [9.17, 15) is 4.79 Å². The standard InChI is InChI=1S/C16H21NO2/c1-2-19-16(18)17-10-8-13-7-6-12-4-3-5-14(12)15(13)9-11-17/h6-7H,2-5,8-11H2,1H3. The fraction of sp³-hybridized carbons (Fsp3) is 0.562. The Balaban J connectivity index is 1.81. The first-order valence-corrected chi connectivity index (χ1v) is 7.33. The third kappa shape index (κ3) is 2.34. The zero-order valence-corrected chi connectivity index (χ0v) is 11.6. The zero-order valence-electron chi connectivity index (χ0n) is 11.6. The first kappa shape index (κ1) is 12.5. The third-order valence-electron chi connectivity index (χ3n) is 4.31. The molecule has 3 nitrogen and oxygen atoms in total. The van der Waals surface area contributed by atoms with Gasteiger partial charge in [0.25, 0.3) is 0 Å². The van der Waals surface area contributed by atoms with Crippen LogP contribution in [-0.4, -0.2) is 30.7 Å². The maximum Gasteiger partial charge on any atom is 0.409 e. The predicted molar refractivity (Wildman–Crippen MR) is 74.5 cm³/mol.